The van der Waals surface area contributed by atoms with E-state index in [1.165, 1.54) is 18.2 Å². The van der Waals surface area contributed by atoms with Gasteiger partial charge in [0.25, 0.3) is 5.91 Å². The number of thiocarbonyl (C=S) groups is 1. The molecule has 1 aliphatic rings. The first-order valence-electron chi connectivity index (χ1n) is 8.08. The number of hydrogen-bond acceptors (Lipinski definition) is 2. The number of carbonyl (C=O) groups excluding carboxylic acids is 1. The van der Waals surface area contributed by atoms with Crippen molar-refractivity contribution in [1.82, 2.24) is 10.6 Å². The summed E-state index contributed by atoms with van der Waals surface area (Å²) >= 11 is 5.16. The van der Waals surface area contributed by atoms with E-state index >= 15 is 0 Å². The van der Waals surface area contributed by atoms with Crippen LogP contribution in [-0.4, -0.2) is 11.0 Å². The van der Waals surface area contributed by atoms with Crippen molar-refractivity contribution in [2.75, 3.05) is 5.32 Å². The topological polar surface area (TPSA) is 53.2 Å². The number of alkyl halides is 3. The molecule has 3 rings (SSSR count). The third-order valence-electron chi connectivity index (χ3n) is 4.13. The Morgan fingerprint density at radius 3 is 2.37 bits per heavy atom. The molecular weight excluding hydrogens is 375 g/mol. The Morgan fingerprint density at radius 2 is 1.70 bits per heavy atom. The van der Waals surface area contributed by atoms with Gasteiger partial charge in [-0.15, -0.1) is 0 Å². The molecule has 1 unspecified atom stereocenters. The zero-order valence-electron chi connectivity index (χ0n) is 14.2. The second kappa shape index (κ2) is 7.40. The van der Waals surface area contributed by atoms with E-state index in [2.05, 4.69) is 16.0 Å². The number of rotatable bonds is 3. The van der Waals surface area contributed by atoms with Gasteiger partial charge in [-0.25, -0.2) is 0 Å². The maximum Gasteiger partial charge on any atom is 0.418 e. The second-order valence-electron chi connectivity index (χ2n) is 5.98. The monoisotopic (exact) mass is 391 g/mol. The van der Waals surface area contributed by atoms with Crippen LogP contribution in [0.1, 0.15) is 24.1 Å². The summed E-state index contributed by atoms with van der Waals surface area (Å²) in [6.45, 7) is 1.66. The first-order chi connectivity index (χ1) is 12.8. The molecule has 27 heavy (non-hydrogen) atoms. The lowest BCUT2D eigenvalue weighted by Gasteiger charge is -2.30. The number of amides is 1. The first-order valence-corrected chi connectivity index (χ1v) is 8.49. The van der Waals surface area contributed by atoms with E-state index in [1.54, 1.807) is 6.92 Å². The highest BCUT2D eigenvalue weighted by atomic mass is 32.1. The molecule has 2 aromatic carbocycles. The Balaban J connectivity index is 1.97. The Bertz CT molecular complexity index is 910. The molecule has 8 heteroatoms. The Hall–Kier alpha value is -2.87. The van der Waals surface area contributed by atoms with Crippen LogP contribution in [0.2, 0.25) is 0 Å². The second-order valence-corrected chi connectivity index (χ2v) is 6.39. The van der Waals surface area contributed by atoms with Crippen molar-refractivity contribution >= 4 is 28.9 Å². The predicted molar refractivity (Wildman–Crippen MR) is 101 cm³/mol. The molecule has 1 atom stereocenters. The Labute approximate surface area is 159 Å². The molecule has 0 fully saturated rings. The van der Waals surface area contributed by atoms with Crippen molar-refractivity contribution in [1.29, 1.82) is 0 Å². The highest BCUT2D eigenvalue weighted by Crippen LogP contribution is 2.35. The van der Waals surface area contributed by atoms with Gasteiger partial charge in [-0.05, 0) is 36.8 Å². The van der Waals surface area contributed by atoms with Crippen LogP contribution in [0.15, 0.2) is 65.9 Å². The summed E-state index contributed by atoms with van der Waals surface area (Å²) in [5, 5.41) is 8.59. The lowest BCUT2D eigenvalue weighted by Crippen LogP contribution is -2.45. The summed E-state index contributed by atoms with van der Waals surface area (Å²) in [7, 11) is 0. The fourth-order valence-corrected chi connectivity index (χ4v) is 3.19. The third-order valence-corrected chi connectivity index (χ3v) is 4.35. The number of para-hydroxylation sites is 1. The molecule has 140 valence electrons. The number of carbonyl (C=O) groups is 1. The Kier molecular flexibility index (Phi) is 5.18. The highest BCUT2D eigenvalue weighted by Gasteiger charge is 2.35. The van der Waals surface area contributed by atoms with Gasteiger partial charge >= 0.3 is 6.18 Å². The summed E-state index contributed by atoms with van der Waals surface area (Å²) in [4.78, 5) is 12.9. The zero-order chi connectivity index (χ0) is 19.6. The van der Waals surface area contributed by atoms with Gasteiger partial charge in [0.05, 0.1) is 22.9 Å². The molecule has 1 heterocycles. The van der Waals surface area contributed by atoms with Crippen LogP contribution in [0.5, 0.6) is 0 Å². The molecular formula is C19H16F3N3OS. The van der Waals surface area contributed by atoms with Crippen LogP contribution in [0, 0.1) is 0 Å². The van der Waals surface area contributed by atoms with Gasteiger partial charge in [0.2, 0.25) is 0 Å². The van der Waals surface area contributed by atoms with Gasteiger partial charge in [-0.3, -0.25) is 4.79 Å². The van der Waals surface area contributed by atoms with E-state index < -0.39 is 23.7 Å². The van der Waals surface area contributed by atoms with E-state index in [4.69, 9.17) is 12.2 Å². The average molecular weight is 391 g/mol. The van der Waals surface area contributed by atoms with Crippen LogP contribution in [0.4, 0.5) is 18.9 Å². The summed E-state index contributed by atoms with van der Waals surface area (Å²) in [6.07, 6.45) is -4.57. The molecule has 2 aromatic rings. The molecule has 0 spiro atoms. The zero-order valence-corrected chi connectivity index (χ0v) is 15.0. The maximum atomic E-state index is 13.2. The van der Waals surface area contributed by atoms with E-state index in [9.17, 15) is 18.0 Å². The number of hydrogen-bond donors (Lipinski definition) is 3. The summed E-state index contributed by atoms with van der Waals surface area (Å²) in [6, 6.07) is 13.4. The van der Waals surface area contributed by atoms with Gasteiger partial charge in [0, 0.05) is 5.70 Å². The minimum Gasteiger partial charge on any atom is -0.351 e. The molecule has 1 amide bonds. The summed E-state index contributed by atoms with van der Waals surface area (Å²) in [5.74, 6) is -0.638. The van der Waals surface area contributed by atoms with Crippen molar-refractivity contribution in [3.8, 4) is 0 Å². The quantitative estimate of drug-likeness (QED) is 0.689. The largest absolute Gasteiger partial charge is 0.418 e. The van der Waals surface area contributed by atoms with E-state index in [1.807, 2.05) is 30.3 Å². The number of halogens is 3. The maximum absolute atomic E-state index is 13.2. The van der Waals surface area contributed by atoms with E-state index in [-0.39, 0.29) is 11.3 Å². The molecule has 4 nitrogen and oxygen atoms in total. The van der Waals surface area contributed by atoms with Crippen molar-refractivity contribution in [2.45, 2.75) is 19.1 Å². The van der Waals surface area contributed by atoms with Crippen LogP contribution < -0.4 is 16.0 Å². The standard InChI is InChI=1S/C19H16F3N3OS/c1-11-15(16(25-18(27)23-11)12-7-3-2-4-8-12)17(26)24-14-10-6-5-9-13(14)19(20,21)22/h2-10,16H,1H3,(H,24,26)(H2,23,25,27). The number of benzene rings is 2. The van der Waals surface area contributed by atoms with Crippen LogP contribution in [0.25, 0.3) is 0 Å². The van der Waals surface area contributed by atoms with Crippen molar-refractivity contribution in [3.63, 3.8) is 0 Å². The first kappa shape index (κ1) is 18.9. The minimum absolute atomic E-state index is 0.270. The van der Waals surface area contributed by atoms with Gasteiger partial charge in [0.15, 0.2) is 5.11 Å². The number of nitrogens with one attached hydrogen (secondary N) is 3. The number of allylic oxidation sites excluding steroid dienone is 1. The van der Waals surface area contributed by atoms with Gasteiger partial charge in [-0.1, -0.05) is 42.5 Å². The van der Waals surface area contributed by atoms with E-state index in [0.717, 1.165) is 11.6 Å². The van der Waals surface area contributed by atoms with Crippen molar-refractivity contribution < 1.29 is 18.0 Å². The molecule has 0 saturated carbocycles. The van der Waals surface area contributed by atoms with Crippen LogP contribution in [0.3, 0.4) is 0 Å². The van der Waals surface area contributed by atoms with Crippen LogP contribution >= 0.6 is 12.2 Å². The highest BCUT2D eigenvalue weighted by molar-refractivity contribution is 7.80. The lowest BCUT2D eigenvalue weighted by atomic mass is 9.95. The summed E-state index contributed by atoms with van der Waals surface area (Å²) < 4.78 is 39.6. The third kappa shape index (κ3) is 4.11. The molecule has 0 bridgehead atoms. The Morgan fingerprint density at radius 1 is 1.07 bits per heavy atom. The number of anilines is 1. The molecule has 0 aliphatic carbocycles. The molecule has 0 saturated heterocycles. The molecule has 3 N–H and O–H groups in total. The van der Waals surface area contributed by atoms with Gasteiger partial charge in [0.1, 0.15) is 0 Å². The normalized spacial score (nSPS) is 17.2. The fraction of sp³-hybridized carbons (Fsp3) is 0.158. The van der Waals surface area contributed by atoms with Crippen LogP contribution in [-0.2, 0) is 11.0 Å². The van der Waals surface area contributed by atoms with E-state index in [0.29, 0.717) is 10.8 Å². The van der Waals surface area contributed by atoms with Crippen molar-refractivity contribution in [2.24, 2.45) is 0 Å². The predicted octanol–water partition coefficient (Wildman–Crippen LogP) is 4.14. The van der Waals surface area contributed by atoms with Gasteiger partial charge in [-0.2, -0.15) is 13.2 Å². The molecule has 0 radical (unpaired) electrons. The van der Waals surface area contributed by atoms with Gasteiger partial charge < -0.3 is 16.0 Å². The fourth-order valence-electron chi connectivity index (χ4n) is 2.92. The summed E-state index contributed by atoms with van der Waals surface area (Å²) in [5.41, 5.74) is 0.326. The van der Waals surface area contributed by atoms with Crippen molar-refractivity contribution in [3.05, 3.63) is 77.0 Å². The smallest absolute Gasteiger partial charge is 0.351 e. The average Bonchev–Trinajstić information content (AvgIpc) is 2.61. The molecule has 0 aromatic heterocycles. The SMILES string of the molecule is CC1=C(C(=O)Nc2ccccc2C(F)(F)F)C(c2ccccc2)NC(=S)N1. The minimum atomic E-state index is -4.57. The molecule has 1 aliphatic heterocycles. The lowest BCUT2D eigenvalue weighted by molar-refractivity contribution is -0.137.